The van der Waals surface area contributed by atoms with Gasteiger partial charge in [-0.25, -0.2) is 0 Å². The minimum Gasteiger partial charge on any atom is -0.543 e. The fraction of sp³-hybridized carbons (Fsp3) is 0. The molecule has 0 unspecified atom stereocenters. The maximum absolute atomic E-state index is 8.34. The molecule has 2 aromatic carbocycles. The van der Waals surface area contributed by atoms with Gasteiger partial charge in [-0.15, -0.1) is 0 Å². The first-order valence-electron chi connectivity index (χ1n) is 5.33. The van der Waals surface area contributed by atoms with Crippen molar-refractivity contribution in [2.75, 3.05) is 0 Å². The van der Waals surface area contributed by atoms with E-state index in [0.29, 0.717) is 7.69 Å². The van der Waals surface area contributed by atoms with E-state index >= 15 is 0 Å². The third-order valence-electron chi connectivity index (χ3n) is 2.42. The van der Waals surface area contributed by atoms with Crippen LogP contribution in [0.2, 0.25) is 0 Å². The highest BCUT2D eigenvalue weighted by Gasteiger charge is 1.95. The monoisotopic (exact) mass is 223 g/mol. The van der Waals surface area contributed by atoms with Gasteiger partial charge in [0.05, 0.1) is 6.26 Å². The Balaban J connectivity index is 2.13. The Bertz CT molecular complexity index is 477. The van der Waals surface area contributed by atoms with Crippen LogP contribution in [0.5, 0.6) is 0 Å². The van der Waals surface area contributed by atoms with Crippen LogP contribution < -0.4 is 0 Å². The summed E-state index contributed by atoms with van der Waals surface area (Å²) in [6.45, 7) is 0. The first kappa shape index (κ1) is 11.5. The van der Waals surface area contributed by atoms with Gasteiger partial charge in [-0.05, 0) is 22.8 Å². The molecule has 1 N–H and O–H groups in total. The molecule has 2 rings (SSSR count). The van der Waals surface area contributed by atoms with Gasteiger partial charge in [-0.1, -0.05) is 54.6 Å². The Hall–Kier alpha value is -2.00. The summed E-state index contributed by atoms with van der Waals surface area (Å²) in [5.41, 5.74) is 3.40. The lowest BCUT2D eigenvalue weighted by atomic mass is 10.0. The highest BCUT2D eigenvalue weighted by molar-refractivity contribution is 6.16. The maximum Gasteiger partial charge on any atom is 0.569 e. The lowest BCUT2D eigenvalue weighted by molar-refractivity contribution is 0.408. The molecule has 17 heavy (non-hydrogen) atoms. The highest BCUT2D eigenvalue weighted by Crippen LogP contribution is 2.19. The van der Waals surface area contributed by atoms with Crippen molar-refractivity contribution in [3.05, 3.63) is 66.4 Å². The average Bonchev–Trinajstić information content (AvgIpc) is 2.41. The van der Waals surface area contributed by atoms with Gasteiger partial charge in [-0.2, -0.15) is 0 Å². The van der Waals surface area contributed by atoms with E-state index in [4.69, 9.17) is 5.02 Å². The molecule has 0 spiro atoms. The summed E-state index contributed by atoms with van der Waals surface area (Å²) in [4.78, 5) is 0. The summed E-state index contributed by atoms with van der Waals surface area (Å²) < 4.78 is 4.60. The van der Waals surface area contributed by atoms with E-state index in [9.17, 15) is 0 Å². The van der Waals surface area contributed by atoms with Gasteiger partial charge < -0.3 is 9.68 Å². The Labute approximate surface area is 101 Å². The maximum atomic E-state index is 8.34. The Morgan fingerprint density at radius 2 is 1.53 bits per heavy atom. The van der Waals surface area contributed by atoms with E-state index in [1.165, 1.54) is 17.4 Å². The summed E-state index contributed by atoms with van der Waals surface area (Å²) in [5, 5.41) is 8.34. The van der Waals surface area contributed by atoms with Crippen LogP contribution in [-0.4, -0.2) is 12.7 Å². The molecule has 0 amide bonds. The molecule has 0 aliphatic heterocycles. The lowest BCUT2D eigenvalue weighted by Gasteiger charge is -2.01. The van der Waals surface area contributed by atoms with Gasteiger partial charge in [0.15, 0.2) is 0 Å². The van der Waals surface area contributed by atoms with Crippen LogP contribution in [0.1, 0.15) is 5.56 Å². The summed E-state index contributed by atoms with van der Waals surface area (Å²) in [6.07, 6.45) is 3.21. The molecular formula is C14H12BO2. The number of hydrogen-bond donors (Lipinski definition) is 1. The Morgan fingerprint density at radius 1 is 0.882 bits per heavy atom. The van der Waals surface area contributed by atoms with Gasteiger partial charge in [0, 0.05) is 0 Å². The molecule has 1 radical (unpaired) electrons. The topological polar surface area (TPSA) is 29.5 Å². The van der Waals surface area contributed by atoms with Crippen molar-refractivity contribution in [1.82, 2.24) is 0 Å². The predicted molar refractivity (Wildman–Crippen MR) is 70.0 cm³/mol. The summed E-state index contributed by atoms with van der Waals surface area (Å²) >= 11 is 0. The molecule has 0 fully saturated rings. The van der Waals surface area contributed by atoms with Crippen molar-refractivity contribution in [3.63, 3.8) is 0 Å². The van der Waals surface area contributed by atoms with Gasteiger partial charge >= 0.3 is 7.69 Å². The number of benzene rings is 2. The van der Waals surface area contributed by atoms with Crippen molar-refractivity contribution in [1.29, 1.82) is 0 Å². The van der Waals surface area contributed by atoms with Crippen molar-refractivity contribution in [2.45, 2.75) is 0 Å². The van der Waals surface area contributed by atoms with E-state index < -0.39 is 0 Å². The second-order valence-corrected chi connectivity index (χ2v) is 3.53. The largest absolute Gasteiger partial charge is 0.569 e. The molecule has 0 saturated heterocycles. The molecular weight excluding hydrogens is 211 g/mol. The molecule has 0 aliphatic rings. The molecule has 0 aromatic heterocycles. The SMILES string of the molecule is O[B]OC=Cc1ccc(-c2ccccc2)cc1. The molecule has 0 heterocycles. The first-order chi connectivity index (χ1) is 8.40. The zero-order valence-corrected chi connectivity index (χ0v) is 9.28. The smallest absolute Gasteiger partial charge is 0.543 e. The second-order valence-electron chi connectivity index (χ2n) is 3.53. The van der Waals surface area contributed by atoms with Crippen molar-refractivity contribution in [3.8, 4) is 11.1 Å². The molecule has 2 aromatic rings. The van der Waals surface area contributed by atoms with E-state index in [1.807, 2.05) is 30.3 Å². The van der Waals surface area contributed by atoms with Crippen molar-refractivity contribution in [2.24, 2.45) is 0 Å². The van der Waals surface area contributed by atoms with E-state index in [-0.39, 0.29) is 0 Å². The van der Waals surface area contributed by atoms with E-state index in [2.05, 4.69) is 28.9 Å². The van der Waals surface area contributed by atoms with Crippen LogP contribution in [0.25, 0.3) is 17.2 Å². The minimum absolute atomic E-state index is 0.648. The zero-order valence-electron chi connectivity index (χ0n) is 9.28. The Kier molecular flexibility index (Phi) is 4.00. The molecule has 0 aliphatic carbocycles. The highest BCUT2D eigenvalue weighted by atomic mass is 16.5. The third-order valence-corrected chi connectivity index (χ3v) is 2.42. The minimum atomic E-state index is 0.648. The Morgan fingerprint density at radius 3 is 2.18 bits per heavy atom. The van der Waals surface area contributed by atoms with Gasteiger partial charge in [0.1, 0.15) is 0 Å². The van der Waals surface area contributed by atoms with Crippen molar-refractivity contribution < 1.29 is 9.68 Å². The van der Waals surface area contributed by atoms with E-state index in [0.717, 1.165) is 5.56 Å². The normalized spacial score (nSPS) is 10.4. The number of hydrogen-bond acceptors (Lipinski definition) is 2. The molecule has 0 bridgehead atoms. The van der Waals surface area contributed by atoms with Crippen LogP contribution in [0.4, 0.5) is 0 Å². The van der Waals surface area contributed by atoms with Gasteiger partial charge in [-0.3, -0.25) is 0 Å². The third kappa shape index (κ3) is 3.23. The van der Waals surface area contributed by atoms with Crippen LogP contribution >= 0.6 is 0 Å². The van der Waals surface area contributed by atoms with Crippen LogP contribution in [0.15, 0.2) is 60.9 Å². The average molecular weight is 223 g/mol. The summed E-state index contributed by atoms with van der Waals surface area (Å²) in [7, 11) is 0.648. The van der Waals surface area contributed by atoms with Crippen LogP contribution in [0, 0.1) is 0 Å². The molecule has 2 nitrogen and oxygen atoms in total. The van der Waals surface area contributed by atoms with Gasteiger partial charge in [0.2, 0.25) is 0 Å². The van der Waals surface area contributed by atoms with Crippen molar-refractivity contribution >= 4 is 13.8 Å². The fourth-order valence-corrected chi connectivity index (χ4v) is 1.57. The standard InChI is InChI=1S/C14H12BO2/c16-15-17-11-10-12-6-8-14(9-7-12)13-4-2-1-3-5-13/h1-11,16H. The summed E-state index contributed by atoms with van der Waals surface area (Å²) in [6, 6.07) is 18.3. The molecule has 0 atom stereocenters. The first-order valence-corrected chi connectivity index (χ1v) is 5.33. The van der Waals surface area contributed by atoms with Crippen LogP contribution in [-0.2, 0) is 4.65 Å². The molecule has 0 saturated carbocycles. The zero-order chi connectivity index (χ0) is 11.9. The van der Waals surface area contributed by atoms with Crippen LogP contribution in [0.3, 0.4) is 0 Å². The van der Waals surface area contributed by atoms with Gasteiger partial charge in [0.25, 0.3) is 0 Å². The fourth-order valence-electron chi connectivity index (χ4n) is 1.57. The number of rotatable bonds is 4. The second kappa shape index (κ2) is 5.92. The molecule has 3 heteroatoms. The van der Waals surface area contributed by atoms with E-state index in [1.54, 1.807) is 6.08 Å². The molecule has 83 valence electrons. The predicted octanol–water partition coefficient (Wildman–Crippen LogP) is 2.87. The quantitative estimate of drug-likeness (QED) is 0.637. The lowest BCUT2D eigenvalue weighted by Crippen LogP contribution is -1.87. The summed E-state index contributed by atoms with van der Waals surface area (Å²) in [5.74, 6) is 0.